The van der Waals surface area contributed by atoms with Crippen LogP contribution in [0.4, 0.5) is 13.2 Å². The molecule has 1 aliphatic rings. The van der Waals surface area contributed by atoms with Gasteiger partial charge in [-0.3, -0.25) is 4.79 Å². The minimum atomic E-state index is -4.74. The van der Waals surface area contributed by atoms with Crippen molar-refractivity contribution in [3.63, 3.8) is 0 Å². The van der Waals surface area contributed by atoms with Crippen LogP contribution in [0.1, 0.15) is 37.3 Å². The Balaban J connectivity index is 1.65. The number of sulfonamides is 1. The van der Waals surface area contributed by atoms with E-state index in [0.717, 1.165) is 25.0 Å². The van der Waals surface area contributed by atoms with E-state index in [2.05, 4.69) is 19.9 Å². The van der Waals surface area contributed by atoms with Gasteiger partial charge in [-0.1, -0.05) is 0 Å². The maximum Gasteiger partial charge on any atom is 0.416 e. The van der Waals surface area contributed by atoms with Crippen LogP contribution in [-0.4, -0.2) is 34.2 Å². The van der Waals surface area contributed by atoms with Crippen molar-refractivity contribution in [1.29, 1.82) is 0 Å². The number of hydrogen-bond donors (Lipinski definition) is 2. The summed E-state index contributed by atoms with van der Waals surface area (Å²) in [5.74, 6) is 0. The molecular weight excluding hydrogens is 447 g/mol. The summed E-state index contributed by atoms with van der Waals surface area (Å²) < 4.78 is 70.9. The highest BCUT2D eigenvalue weighted by Gasteiger charge is 2.34. The van der Waals surface area contributed by atoms with E-state index in [1.165, 1.54) is 18.3 Å². The summed E-state index contributed by atoms with van der Waals surface area (Å²) in [5, 5.41) is 7.53. The van der Waals surface area contributed by atoms with E-state index in [0.29, 0.717) is 18.9 Å². The first-order chi connectivity index (χ1) is 15.1. The van der Waals surface area contributed by atoms with Gasteiger partial charge in [0, 0.05) is 24.3 Å². The summed E-state index contributed by atoms with van der Waals surface area (Å²) in [5.41, 5.74) is -1.22. The highest BCUT2D eigenvalue weighted by atomic mass is 32.2. The molecule has 0 saturated heterocycles. The number of rotatable bonds is 5. The predicted octanol–water partition coefficient (Wildman–Crippen LogP) is 3.11. The van der Waals surface area contributed by atoms with Crippen molar-refractivity contribution < 1.29 is 21.6 Å². The minimum Gasteiger partial charge on any atom is -0.328 e. The SMILES string of the molecule is O=c1ccc(-c2cc(C(F)(F)F)cc(S(=O)(=O)NC3CCCC(n4cnnc4)C3)c2)c[nH]1. The Kier molecular flexibility index (Phi) is 5.91. The number of nitrogens with zero attached hydrogens (tertiary/aromatic N) is 3. The molecule has 12 heteroatoms. The Morgan fingerprint density at radius 3 is 2.47 bits per heavy atom. The van der Waals surface area contributed by atoms with Crippen molar-refractivity contribution >= 4 is 10.0 Å². The lowest BCUT2D eigenvalue weighted by Crippen LogP contribution is -2.38. The lowest BCUT2D eigenvalue weighted by molar-refractivity contribution is -0.137. The maximum absolute atomic E-state index is 13.5. The number of aromatic amines is 1. The van der Waals surface area contributed by atoms with Crippen LogP contribution in [0.3, 0.4) is 0 Å². The van der Waals surface area contributed by atoms with Crippen LogP contribution in [-0.2, 0) is 16.2 Å². The van der Waals surface area contributed by atoms with Gasteiger partial charge in [0.2, 0.25) is 15.6 Å². The fraction of sp³-hybridized carbons (Fsp3) is 0.350. The summed E-state index contributed by atoms with van der Waals surface area (Å²) in [6.07, 6.45) is 2.25. The molecule has 2 N–H and O–H groups in total. The van der Waals surface area contributed by atoms with Crippen LogP contribution in [0, 0.1) is 0 Å². The first kappa shape index (κ1) is 22.2. The average Bonchev–Trinajstić information content (AvgIpc) is 3.28. The number of H-pyrrole nitrogens is 1. The molecular formula is C20H20F3N5O3S. The summed E-state index contributed by atoms with van der Waals surface area (Å²) in [6, 6.07) is 4.72. The fourth-order valence-electron chi connectivity index (χ4n) is 3.90. The van der Waals surface area contributed by atoms with Gasteiger partial charge in [0.1, 0.15) is 12.7 Å². The van der Waals surface area contributed by atoms with Gasteiger partial charge in [-0.25, -0.2) is 13.1 Å². The molecule has 1 aliphatic carbocycles. The van der Waals surface area contributed by atoms with E-state index in [1.54, 1.807) is 17.2 Å². The summed E-state index contributed by atoms with van der Waals surface area (Å²) in [4.78, 5) is 13.2. The number of aromatic nitrogens is 4. The maximum atomic E-state index is 13.5. The molecule has 0 radical (unpaired) electrons. The zero-order valence-electron chi connectivity index (χ0n) is 16.7. The Labute approximate surface area is 181 Å². The first-order valence-electron chi connectivity index (χ1n) is 9.90. The second kappa shape index (κ2) is 8.51. The number of halogens is 3. The monoisotopic (exact) mass is 467 g/mol. The van der Waals surface area contributed by atoms with Crippen molar-refractivity contribution in [3.8, 4) is 11.1 Å². The smallest absolute Gasteiger partial charge is 0.328 e. The van der Waals surface area contributed by atoms with Crippen molar-refractivity contribution in [2.45, 2.75) is 48.8 Å². The molecule has 1 fully saturated rings. The Bertz CT molecular complexity index is 1240. The van der Waals surface area contributed by atoms with E-state index in [-0.39, 0.29) is 17.2 Å². The van der Waals surface area contributed by atoms with Gasteiger partial charge in [0.05, 0.1) is 10.5 Å². The molecule has 0 amide bonds. The van der Waals surface area contributed by atoms with E-state index in [4.69, 9.17) is 0 Å². The summed E-state index contributed by atoms with van der Waals surface area (Å²) >= 11 is 0. The highest BCUT2D eigenvalue weighted by Crippen LogP contribution is 2.35. The van der Waals surface area contributed by atoms with Crippen LogP contribution < -0.4 is 10.3 Å². The van der Waals surface area contributed by atoms with Gasteiger partial charge < -0.3 is 9.55 Å². The molecule has 2 atom stereocenters. The van der Waals surface area contributed by atoms with E-state index >= 15 is 0 Å². The minimum absolute atomic E-state index is 0.00432. The Hall–Kier alpha value is -2.99. The predicted molar refractivity (Wildman–Crippen MR) is 109 cm³/mol. The third kappa shape index (κ3) is 4.91. The van der Waals surface area contributed by atoms with Crippen LogP contribution in [0.25, 0.3) is 11.1 Å². The molecule has 3 aromatic rings. The molecule has 2 heterocycles. The third-order valence-corrected chi connectivity index (χ3v) is 6.99. The van der Waals surface area contributed by atoms with Gasteiger partial charge in [-0.2, -0.15) is 13.2 Å². The number of benzene rings is 1. The van der Waals surface area contributed by atoms with Crippen LogP contribution in [0.5, 0.6) is 0 Å². The molecule has 4 rings (SSSR count). The fourth-order valence-corrected chi connectivity index (χ4v) is 5.25. The lowest BCUT2D eigenvalue weighted by atomic mass is 9.91. The quantitative estimate of drug-likeness (QED) is 0.599. The first-order valence-corrected chi connectivity index (χ1v) is 11.4. The number of alkyl halides is 3. The zero-order chi connectivity index (χ0) is 22.9. The number of pyridine rings is 1. The van der Waals surface area contributed by atoms with E-state index in [9.17, 15) is 26.4 Å². The van der Waals surface area contributed by atoms with Crippen LogP contribution >= 0.6 is 0 Å². The molecule has 0 spiro atoms. The van der Waals surface area contributed by atoms with E-state index in [1.807, 2.05) is 0 Å². The number of nitrogens with one attached hydrogen (secondary N) is 2. The highest BCUT2D eigenvalue weighted by molar-refractivity contribution is 7.89. The standard InChI is InChI=1S/C20H20F3N5O3S/c21-20(22,23)15-6-14(13-4-5-19(29)24-10-13)7-18(8-15)32(30,31)27-16-2-1-3-17(9-16)28-11-25-26-12-28/h4-8,10-12,16-17,27H,1-3,9H2,(H,24,29). The summed E-state index contributed by atoms with van der Waals surface area (Å²) in [7, 11) is -4.24. The van der Waals surface area contributed by atoms with Crippen molar-refractivity contribution in [2.75, 3.05) is 0 Å². The molecule has 1 aromatic carbocycles. The lowest BCUT2D eigenvalue weighted by Gasteiger charge is -2.30. The number of hydrogen-bond acceptors (Lipinski definition) is 5. The molecule has 2 aromatic heterocycles. The van der Waals surface area contributed by atoms with Crippen LogP contribution in [0.2, 0.25) is 0 Å². The van der Waals surface area contributed by atoms with Gasteiger partial charge in [0.15, 0.2) is 0 Å². The van der Waals surface area contributed by atoms with Crippen molar-refractivity contribution in [1.82, 2.24) is 24.5 Å². The van der Waals surface area contributed by atoms with Gasteiger partial charge in [-0.15, -0.1) is 10.2 Å². The van der Waals surface area contributed by atoms with Crippen molar-refractivity contribution in [2.24, 2.45) is 0 Å². The molecule has 170 valence electrons. The second-order valence-electron chi connectivity index (χ2n) is 7.73. The molecule has 32 heavy (non-hydrogen) atoms. The topological polar surface area (TPSA) is 110 Å². The molecule has 2 unspecified atom stereocenters. The van der Waals surface area contributed by atoms with E-state index < -0.39 is 38.3 Å². The van der Waals surface area contributed by atoms with Crippen molar-refractivity contribution in [3.05, 3.63) is 65.1 Å². The largest absolute Gasteiger partial charge is 0.416 e. The average molecular weight is 467 g/mol. The molecule has 1 saturated carbocycles. The normalized spacial score (nSPS) is 19.7. The Morgan fingerprint density at radius 2 is 1.81 bits per heavy atom. The molecule has 0 bridgehead atoms. The molecule has 8 nitrogen and oxygen atoms in total. The van der Waals surface area contributed by atoms with Gasteiger partial charge in [0.25, 0.3) is 0 Å². The van der Waals surface area contributed by atoms with Crippen LogP contribution in [0.15, 0.2) is 58.9 Å². The molecule has 0 aliphatic heterocycles. The summed E-state index contributed by atoms with van der Waals surface area (Å²) in [6.45, 7) is 0. The Morgan fingerprint density at radius 1 is 1.06 bits per heavy atom. The zero-order valence-corrected chi connectivity index (χ0v) is 17.5. The van der Waals surface area contributed by atoms with Gasteiger partial charge in [-0.05, 0) is 61.1 Å². The third-order valence-electron chi connectivity index (χ3n) is 5.49. The second-order valence-corrected chi connectivity index (χ2v) is 9.45. The van der Waals surface area contributed by atoms with Gasteiger partial charge >= 0.3 is 6.18 Å².